The fourth-order valence-corrected chi connectivity index (χ4v) is 2.95. The Morgan fingerprint density at radius 3 is 2.65 bits per heavy atom. The third-order valence-corrected chi connectivity index (χ3v) is 3.70. The number of furan rings is 1. The van der Waals surface area contributed by atoms with Gasteiger partial charge in [0.25, 0.3) is 0 Å². The minimum absolute atomic E-state index is 0.0247. The van der Waals surface area contributed by atoms with Crippen LogP contribution in [0.15, 0.2) is 16.5 Å². The molecule has 1 aromatic heterocycles. The van der Waals surface area contributed by atoms with Crippen LogP contribution in [0.5, 0.6) is 5.75 Å². The summed E-state index contributed by atoms with van der Waals surface area (Å²) in [6.45, 7) is 7.97. The quantitative estimate of drug-likeness (QED) is 0.900. The normalized spacial score (nSPS) is 16.4. The summed E-state index contributed by atoms with van der Waals surface area (Å²) in [5.74, 6) is -0.232. The molecule has 0 spiro atoms. The van der Waals surface area contributed by atoms with Gasteiger partial charge in [0.2, 0.25) is 5.76 Å². The number of rotatable bonds is 2. The van der Waals surface area contributed by atoms with Gasteiger partial charge in [0, 0.05) is 22.9 Å². The Morgan fingerprint density at radius 2 is 2.05 bits per heavy atom. The first-order valence-corrected chi connectivity index (χ1v) is 6.81. The number of carboxylic acids is 1. The maximum absolute atomic E-state index is 11.4. The molecule has 0 atom stereocenters. The lowest BCUT2D eigenvalue weighted by atomic mass is 9.97. The van der Waals surface area contributed by atoms with Gasteiger partial charge in [0.15, 0.2) is 11.3 Å². The van der Waals surface area contributed by atoms with Gasteiger partial charge in [-0.3, -0.25) is 0 Å². The van der Waals surface area contributed by atoms with Gasteiger partial charge < -0.3 is 14.3 Å². The second-order valence-corrected chi connectivity index (χ2v) is 6.27. The topological polar surface area (TPSA) is 59.7 Å². The third-order valence-electron chi connectivity index (χ3n) is 3.70. The molecule has 4 heteroatoms. The minimum Gasteiger partial charge on any atom is -0.483 e. The summed E-state index contributed by atoms with van der Waals surface area (Å²) in [4.78, 5) is 11.4. The summed E-state index contributed by atoms with van der Waals surface area (Å²) in [5.41, 5.74) is 2.10. The Bertz CT molecular complexity index is 707. The largest absolute Gasteiger partial charge is 0.483 e. The summed E-state index contributed by atoms with van der Waals surface area (Å²) in [7, 11) is 0. The summed E-state index contributed by atoms with van der Waals surface area (Å²) < 4.78 is 11.6. The molecule has 1 aliphatic rings. The number of ether oxygens (including phenoxy) is 1. The predicted molar refractivity (Wildman–Crippen MR) is 75.7 cm³/mol. The van der Waals surface area contributed by atoms with Gasteiger partial charge in [-0.05, 0) is 19.8 Å². The van der Waals surface area contributed by atoms with Crippen molar-refractivity contribution in [2.75, 3.05) is 0 Å². The smallest absolute Gasteiger partial charge is 0.372 e. The first kappa shape index (κ1) is 13.0. The summed E-state index contributed by atoms with van der Waals surface area (Å²) in [6, 6.07) is 3.96. The molecular weight excluding hydrogens is 256 g/mol. The molecule has 20 heavy (non-hydrogen) atoms. The second-order valence-electron chi connectivity index (χ2n) is 6.27. The standard InChI is InChI=1S/C16H18O4/c1-8(2)11-10-6-5-9-7-16(3,4)20-12(9)13(10)19-14(11)15(17)18/h5-6,8H,7H2,1-4H3,(H,17,18). The van der Waals surface area contributed by atoms with E-state index >= 15 is 0 Å². The summed E-state index contributed by atoms with van der Waals surface area (Å²) >= 11 is 0. The molecule has 0 bridgehead atoms. The Hall–Kier alpha value is -1.97. The molecule has 2 aromatic rings. The van der Waals surface area contributed by atoms with Crippen molar-refractivity contribution in [3.8, 4) is 5.75 Å². The number of hydrogen-bond acceptors (Lipinski definition) is 3. The van der Waals surface area contributed by atoms with Crippen LogP contribution in [0.4, 0.5) is 0 Å². The fourth-order valence-electron chi connectivity index (χ4n) is 2.95. The first-order chi connectivity index (χ1) is 9.30. The molecular formula is C16H18O4. The Morgan fingerprint density at radius 1 is 1.35 bits per heavy atom. The number of aromatic carboxylic acids is 1. The molecule has 1 aromatic carbocycles. The van der Waals surface area contributed by atoms with Crippen molar-refractivity contribution >= 4 is 16.9 Å². The van der Waals surface area contributed by atoms with Crippen molar-refractivity contribution in [1.29, 1.82) is 0 Å². The number of carbonyl (C=O) groups is 1. The molecule has 1 N–H and O–H groups in total. The molecule has 0 fully saturated rings. The van der Waals surface area contributed by atoms with Crippen LogP contribution in [-0.4, -0.2) is 16.7 Å². The van der Waals surface area contributed by atoms with Gasteiger partial charge in [-0.2, -0.15) is 0 Å². The number of benzene rings is 1. The molecule has 4 nitrogen and oxygen atoms in total. The molecule has 0 amide bonds. The molecule has 106 valence electrons. The van der Waals surface area contributed by atoms with Crippen LogP contribution in [0.25, 0.3) is 11.0 Å². The van der Waals surface area contributed by atoms with E-state index in [9.17, 15) is 9.90 Å². The van der Waals surface area contributed by atoms with E-state index in [1.54, 1.807) is 0 Å². The first-order valence-electron chi connectivity index (χ1n) is 6.81. The van der Waals surface area contributed by atoms with Crippen LogP contribution < -0.4 is 4.74 Å². The van der Waals surface area contributed by atoms with Crippen molar-refractivity contribution < 1.29 is 19.1 Å². The van der Waals surface area contributed by atoms with E-state index in [4.69, 9.17) is 9.15 Å². The summed E-state index contributed by atoms with van der Waals surface area (Å²) in [5, 5.41) is 10.2. The highest BCUT2D eigenvalue weighted by atomic mass is 16.5. The Labute approximate surface area is 117 Å². The number of carboxylic acid groups (broad SMARTS) is 1. The lowest BCUT2D eigenvalue weighted by Gasteiger charge is -2.16. The van der Waals surface area contributed by atoms with Crippen LogP contribution in [-0.2, 0) is 6.42 Å². The van der Waals surface area contributed by atoms with Crippen LogP contribution in [0, 0.1) is 0 Å². The molecule has 0 saturated heterocycles. The van der Waals surface area contributed by atoms with Crippen molar-refractivity contribution in [2.45, 2.75) is 45.6 Å². The van der Waals surface area contributed by atoms with Gasteiger partial charge in [-0.25, -0.2) is 4.79 Å². The second kappa shape index (κ2) is 4.01. The summed E-state index contributed by atoms with van der Waals surface area (Å²) in [6.07, 6.45) is 0.804. The predicted octanol–water partition coefficient (Wildman–Crippen LogP) is 3.97. The molecule has 0 aliphatic carbocycles. The molecule has 0 saturated carbocycles. The Kier molecular flexibility index (Phi) is 2.61. The van der Waals surface area contributed by atoms with Crippen molar-refractivity contribution in [3.05, 3.63) is 29.0 Å². The molecule has 3 rings (SSSR count). The van der Waals surface area contributed by atoms with Crippen LogP contribution >= 0.6 is 0 Å². The average Bonchev–Trinajstić information content (AvgIpc) is 2.84. The highest BCUT2D eigenvalue weighted by Gasteiger charge is 2.34. The fraction of sp³-hybridized carbons (Fsp3) is 0.438. The minimum atomic E-state index is -1.03. The zero-order valence-electron chi connectivity index (χ0n) is 12.1. The highest BCUT2D eigenvalue weighted by molar-refractivity contribution is 5.98. The van der Waals surface area contributed by atoms with E-state index in [0.717, 1.165) is 22.9 Å². The maximum Gasteiger partial charge on any atom is 0.372 e. The van der Waals surface area contributed by atoms with Gasteiger partial charge in [-0.1, -0.05) is 26.0 Å². The van der Waals surface area contributed by atoms with Gasteiger partial charge in [0.1, 0.15) is 5.60 Å². The van der Waals surface area contributed by atoms with E-state index in [-0.39, 0.29) is 17.3 Å². The van der Waals surface area contributed by atoms with E-state index in [1.807, 2.05) is 39.8 Å². The lowest BCUT2D eigenvalue weighted by Crippen LogP contribution is -2.24. The van der Waals surface area contributed by atoms with Crippen LogP contribution in [0.3, 0.4) is 0 Å². The average molecular weight is 274 g/mol. The van der Waals surface area contributed by atoms with Crippen molar-refractivity contribution in [2.24, 2.45) is 0 Å². The lowest BCUT2D eigenvalue weighted by molar-refractivity contribution is 0.0662. The molecule has 1 aliphatic heterocycles. The van der Waals surface area contributed by atoms with E-state index in [2.05, 4.69) is 0 Å². The zero-order valence-corrected chi connectivity index (χ0v) is 12.1. The number of fused-ring (bicyclic) bond motifs is 3. The number of hydrogen-bond donors (Lipinski definition) is 1. The van der Waals surface area contributed by atoms with Gasteiger partial charge >= 0.3 is 5.97 Å². The molecule has 2 heterocycles. The van der Waals surface area contributed by atoms with E-state index in [0.29, 0.717) is 11.3 Å². The molecule has 0 unspecified atom stereocenters. The van der Waals surface area contributed by atoms with Crippen molar-refractivity contribution in [3.63, 3.8) is 0 Å². The Balaban J connectivity index is 2.31. The monoisotopic (exact) mass is 274 g/mol. The van der Waals surface area contributed by atoms with Crippen LogP contribution in [0.2, 0.25) is 0 Å². The maximum atomic E-state index is 11.4. The molecule has 0 radical (unpaired) electrons. The van der Waals surface area contributed by atoms with Crippen molar-refractivity contribution in [1.82, 2.24) is 0 Å². The van der Waals surface area contributed by atoms with Gasteiger partial charge in [-0.15, -0.1) is 0 Å². The third kappa shape index (κ3) is 1.79. The SMILES string of the molecule is CC(C)c1c(C(=O)O)oc2c3c(ccc12)CC(C)(C)O3. The van der Waals surface area contributed by atoms with E-state index in [1.165, 1.54) is 0 Å². The highest BCUT2D eigenvalue weighted by Crippen LogP contribution is 2.44. The zero-order chi connectivity index (χ0) is 14.7. The van der Waals surface area contributed by atoms with E-state index < -0.39 is 5.97 Å². The van der Waals surface area contributed by atoms with Gasteiger partial charge in [0.05, 0.1) is 0 Å². The van der Waals surface area contributed by atoms with Crippen LogP contribution in [0.1, 0.15) is 55.3 Å².